The van der Waals surface area contributed by atoms with Crippen LogP contribution in [0.1, 0.15) is 18.9 Å². The molecule has 1 aliphatic heterocycles. The molecule has 0 bridgehead atoms. The number of nitrogens with zero attached hydrogens (tertiary/aromatic N) is 1. The van der Waals surface area contributed by atoms with Crippen molar-refractivity contribution in [2.75, 3.05) is 16.8 Å². The van der Waals surface area contributed by atoms with Crippen LogP contribution in [0.4, 0.5) is 10.1 Å². The van der Waals surface area contributed by atoms with Crippen LogP contribution in [0, 0.1) is 11.7 Å². The Morgan fingerprint density at radius 3 is 2.94 bits per heavy atom. The van der Waals surface area contributed by atoms with Crippen LogP contribution in [-0.4, -0.2) is 17.8 Å². The number of halogens is 2. The summed E-state index contributed by atoms with van der Waals surface area (Å²) in [5, 5.41) is 0.854. The monoisotopic (exact) mass is 299 g/mol. The molecular formula is C13H15BrFNO. The van der Waals surface area contributed by atoms with E-state index in [1.165, 1.54) is 12.1 Å². The number of hydrogen-bond acceptors (Lipinski definition) is 1. The van der Waals surface area contributed by atoms with Gasteiger partial charge in [-0.2, -0.15) is 0 Å². The number of rotatable bonds is 3. The van der Waals surface area contributed by atoms with Crippen molar-refractivity contribution in [3.63, 3.8) is 0 Å². The van der Waals surface area contributed by atoms with Crippen molar-refractivity contribution in [1.82, 2.24) is 0 Å². The van der Waals surface area contributed by atoms with Crippen LogP contribution in [0.25, 0.3) is 0 Å². The molecule has 4 heteroatoms. The minimum atomic E-state index is -0.230. The lowest BCUT2D eigenvalue weighted by Crippen LogP contribution is -2.38. The van der Waals surface area contributed by atoms with Crippen molar-refractivity contribution in [3.05, 3.63) is 29.6 Å². The highest BCUT2D eigenvalue weighted by atomic mass is 79.9. The lowest BCUT2D eigenvalue weighted by molar-refractivity contribution is -0.119. The first kappa shape index (κ1) is 12.6. The SMILES string of the molecule is CC(CBr)CN1C(=O)CCc2cc(F)ccc21. The molecule has 0 saturated carbocycles. The van der Waals surface area contributed by atoms with E-state index in [0.29, 0.717) is 25.3 Å². The van der Waals surface area contributed by atoms with Crippen molar-refractivity contribution < 1.29 is 9.18 Å². The van der Waals surface area contributed by atoms with Gasteiger partial charge in [-0.15, -0.1) is 0 Å². The molecular weight excluding hydrogens is 285 g/mol. The third kappa shape index (κ3) is 2.68. The molecule has 0 aromatic heterocycles. The maximum Gasteiger partial charge on any atom is 0.227 e. The van der Waals surface area contributed by atoms with Gasteiger partial charge in [0.25, 0.3) is 0 Å². The fraction of sp³-hybridized carbons (Fsp3) is 0.462. The zero-order valence-corrected chi connectivity index (χ0v) is 11.3. The highest BCUT2D eigenvalue weighted by molar-refractivity contribution is 9.09. The first-order valence-corrected chi connectivity index (χ1v) is 6.88. The zero-order valence-electron chi connectivity index (χ0n) is 9.75. The Balaban J connectivity index is 2.30. The van der Waals surface area contributed by atoms with Crippen LogP contribution in [-0.2, 0) is 11.2 Å². The smallest absolute Gasteiger partial charge is 0.227 e. The summed E-state index contributed by atoms with van der Waals surface area (Å²) in [5.74, 6) is 0.290. The molecule has 92 valence electrons. The standard InChI is InChI=1S/C13H15BrFNO/c1-9(7-14)8-16-12-4-3-11(15)6-10(12)2-5-13(16)17/h3-4,6,9H,2,5,7-8H2,1H3. The lowest BCUT2D eigenvalue weighted by Gasteiger charge is -2.31. The highest BCUT2D eigenvalue weighted by Gasteiger charge is 2.25. The minimum Gasteiger partial charge on any atom is -0.312 e. The lowest BCUT2D eigenvalue weighted by atomic mass is 10.00. The van der Waals surface area contributed by atoms with Gasteiger partial charge in [0.1, 0.15) is 5.82 Å². The van der Waals surface area contributed by atoms with Crippen molar-refractivity contribution in [2.24, 2.45) is 5.92 Å². The number of fused-ring (bicyclic) bond motifs is 1. The van der Waals surface area contributed by atoms with E-state index in [9.17, 15) is 9.18 Å². The summed E-state index contributed by atoms with van der Waals surface area (Å²) in [4.78, 5) is 13.7. The number of anilines is 1. The largest absolute Gasteiger partial charge is 0.312 e. The normalized spacial score (nSPS) is 16.9. The Kier molecular flexibility index (Phi) is 3.82. The number of hydrogen-bond donors (Lipinski definition) is 0. The summed E-state index contributed by atoms with van der Waals surface area (Å²) in [5.41, 5.74) is 1.81. The Bertz CT molecular complexity index is 435. The first-order valence-electron chi connectivity index (χ1n) is 5.76. The Morgan fingerprint density at radius 2 is 2.24 bits per heavy atom. The molecule has 1 unspecified atom stereocenters. The predicted octanol–water partition coefficient (Wildman–Crippen LogP) is 3.14. The molecule has 2 nitrogen and oxygen atoms in total. The second-order valence-corrected chi connectivity index (χ2v) is 5.18. The average molecular weight is 300 g/mol. The highest BCUT2D eigenvalue weighted by Crippen LogP contribution is 2.29. The van der Waals surface area contributed by atoms with Crippen LogP contribution in [0.5, 0.6) is 0 Å². The van der Waals surface area contributed by atoms with Gasteiger partial charge < -0.3 is 4.90 Å². The fourth-order valence-electron chi connectivity index (χ4n) is 2.09. The number of benzene rings is 1. The van der Waals surface area contributed by atoms with Crippen molar-refractivity contribution in [3.8, 4) is 0 Å². The maximum absolute atomic E-state index is 13.1. The molecule has 2 rings (SSSR count). The molecule has 1 aromatic carbocycles. The molecule has 1 atom stereocenters. The summed E-state index contributed by atoms with van der Waals surface area (Å²) >= 11 is 3.42. The van der Waals surface area contributed by atoms with Gasteiger partial charge in [0.2, 0.25) is 5.91 Å². The molecule has 0 N–H and O–H groups in total. The number of carbonyl (C=O) groups is 1. The summed E-state index contributed by atoms with van der Waals surface area (Å²) in [7, 11) is 0. The second-order valence-electron chi connectivity index (χ2n) is 4.54. The van der Waals surface area contributed by atoms with E-state index in [0.717, 1.165) is 16.6 Å². The van der Waals surface area contributed by atoms with Gasteiger partial charge in [0.05, 0.1) is 0 Å². The van der Waals surface area contributed by atoms with Gasteiger partial charge in [-0.1, -0.05) is 22.9 Å². The Hall–Kier alpha value is -0.900. The molecule has 1 aromatic rings. The zero-order chi connectivity index (χ0) is 12.4. The van der Waals surface area contributed by atoms with Crippen molar-refractivity contribution in [2.45, 2.75) is 19.8 Å². The molecule has 0 radical (unpaired) electrons. The van der Waals surface area contributed by atoms with E-state index in [1.807, 2.05) is 0 Å². The van der Waals surface area contributed by atoms with Gasteiger partial charge in [-0.25, -0.2) is 4.39 Å². The van der Waals surface area contributed by atoms with Crippen LogP contribution in [0.2, 0.25) is 0 Å². The number of aryl methyl sites for hydroxylation is 1. The minimum absolute atomic E-state index is 0.136. The second kappa shape index (κ2) is 5.17. The van der Waals surface area contributed by atoms with E-state index in [2.05, 4.69) is 22.9 Å². The van der Waals surface area contributed by atoms with Gasteiger partial charge >= 0.3 is 0 Å². The van der Waals surface area contributed by atoms with Crippen LogP contribution in [0.15, 0.2) is 18.2 Å². The van der Waals surface area contributed by atoms with Crippen LogP contribution < -0.4 is 4.90 Å². The number of alkyl halides is 1. The van der Waals surface area contributed by atoms with E-state index in [-0.39, 0.29) is 11.7 Å². The number of carbonyl (C=O) groups excluding carboxylic acids is 1. The van der Waals surface area contributed by atoms with E-state index < -0.39 is 0 Å². The molecule has 0 fully saturated rings. The van der Waals surface area contributed by atoms with Crippen LogP contribution >= 0.6 is 15.9 Å². The number of amides is 1. The van der Waals surface area contributed by atoms with Crippen molar-refractivity contribution >= 4 is 27.5 Å². The third-order valence-electron chi connectivity index (χ3n) is 3.00. The fourth-order valence-corrected chi connectivity index (χ4v) is 2.29. The van der Waals surface area contributed by atoms with Gasteiger partial charge in [0, 0.05) is 24.0 Å². The molecule has 0 aliphatic carbocycles. The molecule has 1 amide bonds. The van der Waals surface area contributed by atoms with E-state index in [4.69, 9.17) is 0 Å². The predicted molar refractivity (Wildman–Crippen MR) is 70.0 cm³/mol. The van der Waals surface area contributed by atoms with E-state index in [1.54, 1.807) is 11.0 Å². The summed E-state index contributed by atoms with van der Waals surface area (Å²) < 4.78 is 13.1. The molecule has 1 aliphatic rings. The molecule has 1 heterocycles. The quantitative estimate of drug-likeness (QED) is 0.785. The van der Waals surface area contributed by atoms with Gasteiger partial charge in [-0.3, -0.25) is 4.79 Å². The topological polar surface area (TPSA) is 20.3 Å². The molecule has 0 saturated heterocycles. The summed E-state index contributed by atoms with van der Waals surface area (Å²) in [6, 6.07) is 4.67. The summed E-state index contributed by atoms with van der Waals surface area (Å²) in [6.07, 6.45) is 1.12. The van der Waals surface area contributed by atoms with Crippen molar-refractivity contribution in [1.29, 1.82) is 0 Å². The third-order valence-corrected chi connectivity index (χ3v) is 4.10. The Labute approximate surface area is 109 Å². The Morgan fingerprint density at radius 1 is 1.47 bits per heavy atom. The maximum atomic E-state index is 13.1. The van der Waals surface area contributed by atoms with Crippen LogP contribution in [0.3, 0.4) is 0 Å². The molecule has 17 heavy (non-hydrogen) atoms. The van der Waals surface area contributed by atoms with Gasteiger partial charge in [0.15, 0.2) is 0 Å². The first-order chi connectivity index (χ1) is 8.11. The van der Waals surface area contributed by atoms with Gasteiger partial charge in [-0.05, 0) is 36.1 Å². The molecule has 0 spiro atoms. The van der Waals surface area contributed by atoms with E-state index >= 15 is 0 Å². The summed E-state index contributed by atoms with van der Waals surface area (Å²) in [6.45, 7) is 2.77. The average Bonchev–Trinajstić information content (AvgIpc) is 2.32.